The number of benzene rings is 1. The molecule has 1 aromatic carbocycles. The number of fused-ring (bicyclic) bond motifs is 1. The first-order valence-electron chi connectivity index (χ1n) is 7.57. The van der Waals surface area contributed by atoms with Gasteiger partial charge < -0.3 is 4.74 Å². The van der Waals surface area contributed by atoms with Crippen molar-refractivity contribution >= 4 is 15.8 Å². The number of hydrogen-bond donors (Lipinski definition) is 0. The highest BCUT2D eigenvalue weighted by atomic mass is 32.2. The minimum absolute atomic E-state index is 0.0628. The standard InChI is InChI=1S/C17H14N4O3S/c1-12-4-5-13-11-21(25(22,23)15(13)9-12)16-6-8-19-17(20-16)24-14-3-2-7-18-10-14/h2-10H,11H2,1H3. The van der Waals surface area contributed by atoms with E-state index < -0.39 is 10.0 Å². The molecule has 0 atom stereocenters. The Morgan fingerprint density at radius 2 is 2.04 bits per heavy atom. The second-order valence-electron chi connectivity index (χ2n) is 5.61. The van der Waals surface area contributed by atoms with E-state index in [0.29, 0.717) is 10.6 Å². The molecule has 7 nitrogen and oxygen atoms in total. The van der Waals surface area contributed by atoms with Crippen LogP contribution in [-0.2, 0) is 16.6 Å². The fourth-order valence-corrected chi connectivity index (χ4v) is 4.32. The van der Waals surface area contributed by atoms with Crippen LogP contribution in [0.4, 0.5) is 5.82 Å². The van der Waals surface area contributed by atoms with Crippen LogP contribution in [0.5, 0.6) is 11.8 Å². The van der Waals surface area contributed by atoms with Crippen molar-refractivity contribution in [2.75, 3.05) is 4.31 Å². The summed E-state index contributed by atoms with van der Waals surface area (Å²) in [6.45, 7) is 2.10. The molecule has 0 spiro atoms. The molecule has 25 heavy (non-hydrogen) atoms. The quantitative estimate of drug-likeness (QED) is 0.719. The van der Waals surface area contributed by atoms with E-state index in [1.54, 1.807) is 30.5 Å². The first-order valence-corrected chi connectivity index (χ1v) is 9.01. The lowest BCUT2D eigenvalue weighted by molar-refractivity contribution is 0.440. The Balaban J connectivity index is 1.68. The minimum Gasteiger partial charge on any atom is -0.423 e. The summed E-state index contributed by atoms with van der Waals surface area (Å²) >= 11 is 0. The lowest BCUT2D eigenvalue weighted by Gasteiger charge is -2.16. The second kappa shape index (κ2) is 5.82. The summed E-state index contributed by atoms with van der Waals surface area (Å²) in [5.74, 6) is 0.741. The third-order valence-electron chi connectivity index (χ3n) is 3.82. The lowest BCUT2D eigenvalue weighted by Crippen LogP contribution is -2.24. The molecule has 8 heteroatoms. The summed E-state index contributed by atoms with van der Waals surface area (Å²) in [5.41, 5.74) is 1.64. The Morgan fingerprint density at radius 1 is 1.16 bits per heavy atom. The van der Waals surface area contributed by atoms with E-state index in [-0.39, 0.29) is 18.4 Å². The van der Waals surface area contributed by atoms with Crippen LogP contribution in [0.1, 0.15) is 11.1 Å². The molecule has 0 saturated heterocycles. The Bertz CT molecular complexity index is 1040. The van der Waals surface area contributed by atoms with Gasteiger partial charge in [0.2, 0.25) is 0 Å². The first kappa shape index (κ1) is 15.5. The van der Waals surface area contributed by atoms with E-state index in [2.05, 4.69) is 15.0 Å². The molecule has 0 radical (unpaired) electrons. The molecule has 0 aliphatic carbocycles. The largest absolute Gasteiger partial charge is 0.423 e. The van der Waals surface area contributed by atoms with Crippen LogP contribution in [-0.4, -0.2) is 23.4 Å². The van der Waals surface area contributed by atoms with Gasteiger partial charge in [0.05, 0.1) is 17.6 Å². The van der Waals surface area contributed by atoms with Crippen LogP contribution < -0.4 is 9.04 Å². The smallest absolute Gasteiger partial charge is 0.323 e. The topological polar surface area (TPSA) is 85.3 Å². The van der Waals surface area contributed by atoms with Gasteiger partial charge in [-0.1, -0.05) is 12.1 Å². The van der Waals surface area contributed by atoms with Crippen molar-refractivity contribution in [3.8, 4) is 11.8 Å². The van der Waals surface area contributed by atoms with E-state index in [0.717, 1.165) is 11.1 Å². The number of aromatic nitrogens is 3. The van der Waals surface area contributed by atoms with Crippen LogP contribution in [0.2, 0.25) is 0 Å². The first-order chi connectivity index (χ1) is 12.0. The van der Waals surface area contributed by atoms with Crippen molar-refractivity contribution < 1.29 is 13.2 Å². The predicted octanol–water partition coefficient (Wildman–Crippen LogP) is 2.68. The van der Waals surface area contributed by atoms with Crippen molar-refractivity contribution in [2.24, 2.45) is 0 Å². The van der Waals surface area contributed by atoms with Gasteiger partial charge >= 0.3 is 6.01 Å². The molecule has 4 rings (SSSR count). The summed E-state index contributed by atoms with van der Waals surface area (Å²) in [7, 11) is -3.64. The molecule has 0 unspecified atom stereocenters. The highest BCUT2D eigenvalue weighted by Gasteiger charge is 2.35. The van der Waals surface area contributed by atoms with Crippen LogP contribution in [0.3, 0.4) is 0 Å². The van der Waals surface area contributed by atoms with Gasteiger partial charge in [-0.15, -0.1) is 0 Å². The molecular formula is C17H14N4O3S. The average Bonchev–Trinajstić information content (AvgIpc) is 2.87. The molecule has 1 aliphatic rings. The number of nitrogens with zero attached hydrogens (tertiary/aromatic N) is 4. The predicted molar refractivity (Wildman–Crippen MR) is 90.9 cm³/mol. The highest BCUT2D eigenvalue weighted by molar-refractivity contribution is 7.93. The Kier molecular flexibility index (Phi) is 3.61. The summed E-state index contributed by atoms with van der Waals surface area (Å²) in [5, 5.41) is 0. The van der Waals surface area contributed by atoms with Crippen molar-refractivity contribution in [3.63, 3.8) is 0 Å². The number of anilines is 1. The van der Waals surface area contributed by atoms with Crippen molar-refractivity contribution in [1.82, 2.24) is 15.0 Å². The molecule has 0 N–H and O–H groups in total. The monoisotopic (exact) mass is 354 g/mol. The number of rotatable bonds is 3. The molecule has 1 aliphatic heterocycles. The van der Waals surface area contributed by atoms with E-state index >= 15 is 0 Å². The van der Waals surface area contributed by atoms with Crippen LogP contribution in [0.25, 0.3) is 0 Å². The Hall–Kier alpha value is -3.00. The fraction of sp³-hybridized carbons (Fsp3) is 0.118. The van der Waals surface area contributed by atoms with E-state index in [9.17, 15) is 8.42 Å². The van der Waals surface area contributed by atoms with Gasteiger partial charge in [-0.2, -0.15) is 4.98 Å². The fourth-order valence-electron chi connectivity index (χ4n) is 2.63. The minimum atomic E-state index is -3.64. The maximum absolute atomic E-state index is 12.8. The summed E-state index contributed by atoms with van der Waals surface area (Å²) < 4.78 is 32.4. The number of aryl methyl sites for hydroxylation is 1. The highest BCUT2D eigenvalue weighted by Crippen LogP contribution is 2.34. The lowest BCUT2D eigenvalue weighted by atomic mass is 10.1. The van der Waals surface area contributed by atoms with Crippen LogP contribution >= 0.6 is 0 Å². The summed E-state index contributed by atoms with van der Waals surface area (Å²) in [6, 6.07) is 10.5. The van der Waals surface area contributed by atoms with Crippen LogP contribution in [0, 0.1) is 6.92 Å². The zero-order valence-electron chi connectivity index (χ0n) is 13.3. The van der Waals surface area contributed by atoms with Gasteiger partial charge in [0.15, 0.2) is 0 Å². The molecule has 3 aromatic rings. The second-order valence-corrected chi connectivity index (χ2v) is 7.44. The van der Waals surface area contributed by atoms with Crippen molar-refractivity contribution in [2.45, 2.75) is 18.4 Å². The third kappa shape index (κ3) is 2.80. The van der Waals surface area contributed by atoms with Crippen LogP contribution in [0.15, 0.2) is 59.9 Å². The van der Waals surface area contributed by atoms with Gasteiger partial charge in [-0.05, 0) is 36.2 Å². The molecule has 0 saturated carbocycles. The molecule has 0 amide bonds. The van der Waals surface area contributed by atoms with Crippen molar-refractivity contribution in [3.05, 3.63) is 66.1 Å². The molecule has 3 heterocycles. The number of sulfonamides is 1. The van der Waals surface area contributed by atoms with Gasteiger partial charge in [0.25, 0.3) is 10.0 Å². The molecule has 126 valence electrons. The number of ether oxygens (including phenoxy) is 1. The van der Waals surface area contributed by atoms with E-state index in [1.165, 1.54) is 16.7 Å². The molecule has 2 aromatic heterocycles. The Morgan fingerprint density at radius 3 is 2.84 bits per heavy atom. The molecule has 0 bridgehead atoms. The summed E-state index contributed by atoms with van der Waals surface area (Å²) in [6.07, 6.45) is 4.62. The zero-order valence-corrected chi connectivity index (χ0v) is 14.1. The summed E-state index contributed by atoms with van der Waals surface area (Å²) in [4.78, 5) is 12.5. The number of pyridine rings is 1. The maximum atomic E-state index is 12.8. The normalized spacial score (nSPS) is 15.0. The van der Waals surface area contributed by atoms with Gasteiger partial charge in [0.1, 0.15) is 11.6 Å². The van der Waals surface area contributed by atoms with Gasteiger partial charge in [0, 0.05) is 18.5 Å². The zero-order chi connectivity index (χ0) is 17.4. The van der Waals surface area contributed by atoms with E-state index in [4.69, 9.17) is 4.74 Å². The number of hydrogen-bond acceptors (Lipinski definition) is 6. The van der Waals surface area contributed by atoms with Crippen molar-refractivity contribution in [1.29, 1.82) is 0 Å². The van der Waals surface area contributed by atoms with Gasteiger partial charge in [-0.3, -0.25) is 4.98 Å². The molecular weight excluding hydrogens is 340 g/mol. The Labute approximate surface area is 145 Å². The SMILES string of the molecule is Cc1ccc2c(c1)S(=O)(=O)N(c1ccnc(Oc3cccnc3)n1)C2. The van der Waals surface area contributed by atoms with E-state index in [1.807, 2.05) is 19.1 Å². The molecule has 0 fully saturated rings. The van der Waals surface area contributed by atoms with Gasteiger partial charge in [-0.25, -0.2) is 17.7 Å². The maximum Gasteiger partial charge on any atom is 0.323 e. The average molecular weight is 354 g/mol. The third-order valence-corrected chi connectivity index (χ3v) is 5.65.